The first-order chi connectivity index (χ1) is 3.47. The summed E-state index contributed by atoms with van der Waals surface area (Å²) in [6.07, 6.45) is 0. The summed E-state index contributed by atoms with van der Waals surface area (Å²) in [5.41, 5.74) is 0. The first kappa shape index (κ1) is 3.45. The zero-order valence-electron chi connectivity index (χ0n) is 4.02. The molecule has 0 aromatic carbocycles. The van der Waals surface area contributed by atoms with Crippen molar-refractivity contribution in [1.29, 1.82) is 0 Å². The molecule has 2 rings (SSSR count). The Morgan fingerprint density at radius 3 is 3.00 bits per heavy atom. The molecule has 2 nitrogen and oxygen atoms in total. The molecule has 0 saturated carbocycles. The fourth-order valence-corrected chi connectivity index (χ4v) is 0.998. The Hall–Kier alpha value is -0.550. The number of nitrogens with one attached hydrogen (secondary N) is 1. The van der Waals surface area contributed by atoms with Crippen LogP contribution < -0.4 is 5.32 Å². The number of fused-ring (bicyclic) bond motifs is 1. The zero-order chi connectivity index (χ0) is 4.69. The quantitative estimate of drug-likeness (QED) is 0.445. The maximum atomic E-state index is 4.00. The van der Waals surface area contributed by atoms with Crippen LogP contribution in [0.4, 0.5) is 0 Å². The second kappa shape index (κ2) is 0.988. The number of rotatable bonds is 0. The van der Waals surface area contributed by atoms with Gasteiger partial charge in [-0.25, -0.2) is 0 Å². The molecule has 7 heavy (non-hydrogen) atoms. The highest BCUT2D eigenvalue weighted by atomic mass is 15.1. The lowest BCUT2D eigenvalue weighted by atomic mass is 9.96. The van der Waals surface area contributed by atoms with Gasteiger partial charge in [0.2, 0.25) is 0 Å². The Bertz CT molecular complexity index is 142. The highest BCUT2D eigenvalue weighted by Gasteiger charge is 2.40. The molecule has 2 heteroatoms. The van der Waals surface area contributed by atoms with Gasteiger partial charge in [0.1, 0.15) is 12.0 Å². The lowest BCUT2D eigenvalue weighted by Gasteiger charge is -2.22. The third-order valence-electron chi connectivity index (χ3n) is 1.63. The fourth-order valence-electron chi connectivity index (χ4n) is 0.998. The maximum Gasteiger partial charge on any atom is 0.280 e. The Labute approximate surface area is 42.3 Å². The van der Waals surface area contributed by atoms with Crippen LogP contribution >= 0.6 is 0 Å². The van der Waals surface area contributed by atoms with Crippen molar-refractivity contribution < 1.29 is 0 Å². The van der Waals surface area contributed by atoms with Gasteiger partial charge in [0, 0.05) is 6.54 Å². The van der Waals surface area contributed by atoms with Gasteiger partial charge in [-0.1, -0.05) is 4.85 Å². The minimum atomic E-state index is 0.667. The summed E-state index contributed by atoms with van der Waals surface area (Å²) in [7, 11) is 0. The molecule has 2 heterocycles. The van der Waals surface area contributed by atoms with Crippen LogP contribution in [0.15, 0.2) is 0 Å². The Morgan fingerprint density at radius 2 is 2.71 bits per heavy atom. The van der Waals surface area contributed by atoms with Crippen molar-refractivity contribution in [2.24, 2.45) is 5.92 Å². The van der Waals surface area contributed by atoms with Gasteiger partial charge in [0.15, 0.2) is 0 Å². The first-order valence-corrected chi connectivity index (χ1v) is 2.62. The van der Waals surface area contributed by atoms with Gasteiger partial charge in [0.05, 0.1) is 0 Å². The maximum absolute atomic E-state index is 4.00. The van der Waals surface area contributed by atoms with Crippen LogP contribution in [0.5, 0.6) is 0 Å². The van der Waals surface area contributed by atoms with E-state index in [1.807, 2.05) is 0 Å². The average molecular weight is 95.1 g/mol. The highest BCUT2D eigenvalue weighted by molar-refractivity contribution is 5.15. The van der Waals surface area contributed by atoms with Crippen molar-refractivity contribution in [1.82, 2.24) is 5.32 Å². The molecular weight excluding hydrogens is 88.1 g/mol. The molecule has 0 aromatic rings. The molecule has 0 unspecified atom stereocenters. The number of hydrogen-bond acceptors (Lipinski definition) is 1. The highest BCUT2D eigenvalue weighted by Crippen LogP contribution is 2.16. The molecule has 1 saturated heterocycles. The lowest BCUT2D eigenvalue weighted by Crippen LogP contribution is -2.51. The lowest BCUT2D eigenvalue weighted by molar-refractivity contribution is 0.325. The Morgan fingerprint density at radius 1 is 1.71 bits per heavy atom. The van der Waals surface area contributed by atoms with Crippen LogP contribution in [-0.2, 0) is 0 Å². The minimum absolute atomic E-state index is 0.667. The van der Waals surface area contributed by atoms with E-state index in [0.717, 1.165) is 13.1 Å². The van der Waals surface area contributed by atoms with Crippen molar-refractivity contribution in [3.05, 3.63) is 4.85 Å². The summed E-state index contributed by atoms with van der Waals surface area (Å²) in [4.78, 5) is 4.00. The zero-order valence-corrected chi connectivity index (χ0v) is 4.02. The van der Waals surface area contributed by atoms with E-state index < -0.39 is 0 Å². The number of nitrogens with zero attached hydrogens (tertiary/aromatic N) is 1. The first-order valence-electron chi connectivity index (χ1n) is 2.62. The standard InChI is InChI=1S/C5H7N2/c1-4-2-7-5(4)3-6-1/h4-5,7H,2-3H2/q+1/t4-,5+/m1/s1. The molecule has 1 fully saturated rings. The van der Waals surface area contributed by atoms with Crippen LogP contribution in [0.1, 0.15) is 0 Å². The van der Waals surface area contributed by atoms with Crippen molar-refractivity contribution in [3.63, 3.8) is 0 Å². The topological polar surface area (TPSA) is 16.4 Å². The summed E-state index contributed by atoms with van der Waals surface area (Å²) in [6.45, 7) is 2.07. The van der Waals surface area contributed by atoms with Crippen molar-refractivity contribution in [3.8, 4) is 6.07 Å². The number of hydrogen-bond donors (Lipinski definition) is 1. The average Bonchev–Trinajstić information content (AvgIpc) is 1.85. The van der Waals surface area contributed by atoms with Crippen molar-refractivity contribution in [2.75, 3.05) is 13.1 Å². The van der Waals surface area contributed by atoms with E-state index >= 15 is 0 Å². The molecule has 2 atom stereocenters. The molecule has 2 aliphatic rings. The molecule has 0 bridgehead atoms. The molecule has 0 aromatic heterocycles. The Balaban J connectivity index is 2.17. The second-order valence-electron chi connectivity index (χ2n) is 2.09. The van der Waals surface area contributed by atoms with Gasteiger partial charge in [-0.2, -0.15) is 0 Å². The Kier molecular flexibility index (Phi) is 0.487. The van der Waals surface area contributed by atoms with Crippen LogP contribution in [0.2, 0.25) is 0 Å². The predicted octanol–water partition coefficient (Wildman–Crippen LogP) is -0.0791. The van der Waals surface area contributed by atoms with E-state index in [0.29, 0.717) is 12.0 Å². The summed E-state index contributed by atoms with van der Waals surface area (Å²) < 4.78 is 0. The van der Waals surface area contributed by atoms with Gasteiger partial charge in [-0.05, 0) is 0 Å². The van der Waals surface area contributed by atoms with Gasteiger partial charge >= 0.3 is 0 Å². The van der Waals surface area contributed by atoms with Crippen LogP contribution in [-0.4, -0.2) is 19.1 Å². The van der Waals surface area contributed by atoms with Crippen molar-refractivity contribution in [2.45, 2.75) is 6.04 Å². The summed E-state index contributed by atoms with van der Waals surface area (Å²) in [5, 5.41) is 3.25. The summed E-state index contributed by atoms with van der Waals surface area (Å²) in [5.74, 6) is 0.667. The SMILES string of the molecule is C1#[N+]C[C@@H]2NC[C@@H]12. The largest absolute Gasteiger partial charge is 0.304 e. The van der Waals surface area contributed by atoms with E-state index in [9.17, 15) is 0 Å². The van der Waals surface area contributed by atoms with Crippen LogP contribution in [0.25, 0.3) is 4.85 Å². The molecule has 0 spiro atoms. The molecule has 1 N–H and O–H groups in total. The van der Waals surface area contributed by atoms with E-state index in [4.69, 9.17) is 0 Å². The molecule has 0 amide bonds. The van der Waals surface area contributed by atoms with Gasteiger partial charge in [-0.3, -0.25) is 0 Å². The fraction of sp³-hybridized carbons (Fsp3) is 0.800. The van der Waals surface area contributed by atoms with E-state index in [1.165, 1.54) is 0 Å². The van der Waals surface area contributed by atoms with Gasteiger partial charge in [-0.15, -0.1) is 0 Å². The summed E-state index contributed by atoms with van der Waals surface area (Å²) in [6, 6.07) is 3.69. The van der Waals surface area contributed by atoms with Crippen LogP contribution in [0, 0.1) is 12.0 Å². The van der Waals surface area contributed by atoms with Crippen LogP contribution in [0.3, 0.4) is 0 Å². The van der Waals surface area contributed by atoms with Crippen molar-refractivity contribution >= 4 is 0 Å². The monoisotopic (exact) mass is 95.1 g/mol. The molecule has 2 aliphatic heterocycles. The second-order valence-corrected chi connectivity index (χ2v) is 2.09. The smallest absolute Gasteiger partial charge is 0.280 e. The molecule has 0 radical (unpaired) electrons. The van der Waals surface area contributed by atoms with E-state index in [2.05, 4.69) is 16.2 Å². The van der Waals surface area contributed by atoms with E-state index in [1.54, 1.807) is 0 Å². The predicted molar refractivity (Wildman–Crippen MR) is 27.4 cm³/mol. The van der Waals surface area contributed by atoms with Gasteiger partial charge in [0.25, 0.3) is 12.6 Å². The molecule has 0 aliphatic carbocycles. The molecule has 36 valence electrons. The van der Waals surface area contributed by atoms with E-state index in [-0.39, 0.29) is 0 Å². The normalized spacial score (nSPS) is 43.4. The summed E-state index contributed by atoms with van der Waals surface area (Å²) >= 11 is 0. The minimum Gasteiger partial charge on any atom is -0.304 e. The molecular formula is C5H7N2+. The third kappa shape index (κ3) is 0.311. The van der Waals surface area contributed by atoms with Gasteiger partial charge < -0.3 is 5.32 Å². The third-order valence-corrected chi connectivity index (χ3v) is 1.63.